The van der Waals surface area contributed by atoms with E-state index < -0.39 is 0 Å². The van der Waals surface area contributed by atoms with Crippen molar-refractivity contribution in [1.29, 1.82) is 0 Å². The van der Waals surface area contributed by atoms with Gasteiger partial charge in [0, 0.05) is 5.70 Å². The van der Waals surface area contributed by atoms with Gasteiger partial charge in [-0.1, -0.05) is 41.7 Å². The number of hydrogen-bond donors (Lipinski definition) is 0. The summed E-state index contributed by atoms with van der Waals surface area (Å²) in [6.45, 7) is 8.04. The first-order valence-corrected chi connectivity index (χ1v) is 6.52. The normalized spacial score (nSPS) is 12.6. The van der Waals surface area contributed by atoms with Crippen LogP contribution in [0.15, 0.2) is 16.5 Å². The molecular weight excluding hydrogens is 177 g/mol. The van der Waals surface area contributed by atoms with Gasteiger partial charge >= 0.3 is 0 Å². The smallest absolute Gasteiger partial charge is 0.0398 e. The summed E-state index contributed by atoms with van der Waals surface area (Å²) in [6, 6.07) is 0. The molecule has 0 rings (SSSR count). The molecule has 0 heterocycles. The standard InChI is InChI=1S/C11H22NP/c1-4-6-7-8-9-11(12-3)10-13-5-2/h10,13H,3-9H2,1-2H3/b11-10-. The minimum Gasteiger partial charge on any atom is -0.269 e. The molecule has 0 bridgehead atoms. The molecule has 76 valence electrons. The summed E-state index contributed by atoms with van der Waals surface area (Å²) in [7, 11) is 0.918. The number of unbranched alkanes of at least 4 members (excludes halogenated alkanes) is 3. The molecule has 2 heteroatoms. The van der Waals surface area contributed by atoms with Gasteiger partial charge in [0.25, 0.3) is 0 Å². The van der Waals surface area contributed by atoms with Crippen molar-refractivity contribution in [2.45, 2.75) is 46.0 Å². The Morgan fingerprint density at radius 1 is 1.31 bits per heavy atom. The molecule has 0 saturated carbocycles. The summed E-state index contributed by atoms with van der Waals surface area (Å²) in [4.78, 5) is 4.04. The van der Waals surface area contributed by atoms with E-state index in [1.165, 1.54) is 37.5 Å². The van der Waals surface area contributed by atoms with E-state index in [0.717, 1.165) is 15.0 Å². The van der Waals surface area contributed by atoms with Crippen molar-refractivity contribution in [2.75, 3.05) is 6.16 Å². The van der Waals surface area contributed by atoms with Gasteiger partial charge in [-0.05, 0) is 31.5 Å². The van der Waals surface area contributed by atoms with E-state index in [9.17, 15) is 0 Å². The van der Waals surface area contributed by atoms with Gasteiger partial charge < -0.3 is 0 Å². The van der Waals surface area contributed by atoms with Gasteiger partial charge in [0.15, 0.2) is 0 Å². The minimum absolute atomic E-state index is 0.918. The lowest BCUT2D eigenvalue weighted by Gasteiger charge is -2.00. The predicted molar refractivity (Wildman–Crippen MR) is 65.2 cm³/mol. The first kappa shape index (κ1) is 12.8. The van der Waals surface area contributed by atoms with Gasteiger partial charge in [0.1, 0.15) is 0 Å². The Labute approximate surface area is 84.5 Å². The van der Waals surface area contributed by atoms with Gasteiger partial charge in [-0.15, -0.1) is 0 Å². The van der Waals surface area contributed by atoms with E-state index in [1.807, 2.05) is 0 Å². The molecule has 0 saturated heterocycles. The fourth-order valence-electron chi connectivity index (χ4n) is 1.15. The highest BCUT2D eigenvalue weighted by atomic mass is 31.1. The number of allylic oxidation sites excluding steroid dienone is 1. The van der Waals surface area contributed by atoms with Gasteiger partial charge in [-0.3, -0.25) is 4.99 Å². The molecule has 0 spiro atoms. The minimum atomic E-state index is 0.918. The largest absolute Gasteiger partial charge is 0.269 e. The fourth-order valence-corrected chi connectivity index (χ4v) is 1.83. The SMILES string of the molecule is C=N/C(=C\PCC)CCCCCC. The number of hydrogen-bond acceptors (Lipinski definition) is 1. The summed E-state index contributed by atoms with van der Waals surface area (Å²) in [5, 5.41) is 0. The van der Waals surface area contributed by atoms with Crippen LogP contribution in [0.4, 0.5) is 0 Å². The third kappa shape index (κ3) is 8.18. The van der Waals surface area contributed by atoms with Crippen molar-refractivity contribution in [3.05, 3.63) is 11.5 Å². The molecule has 0 aromatic heterocycles. The van der Waals surface area contributed by atoms with Crippen LogP contribution in [0, 0.1) is 0 Å². The van der Waals surface area contributed by atoms with Crippen LogP contribution in [0.1, 0.15) is 46.0 Å². The van der Waals surface area contributed by atoms with Crippen molar-refractivity contribution >= 4 is 15.3 Å². The lowest BCUT2D eigenvalue weighted by atomic mass is 10.1. The highest BCUT2D eigenvalue weighted by Crippen LogP contribution is 2.18. The van der Waals surface area contributed by atoms with Crippen LogP contribution >= 0.6 is 8.58 Å². The molecule has 0 N–H and O–H groups in total. The third-order valence-electron chi connectivity index (χ3n) is 1.96. The monoisotopic (exact) mass is 199 g/mol. The van der Waals surface area contributed by atoms with E-state index in [2.05, 4.69) is 31.4 Å². The van der Waals surface area contributed by atoms with Crippen LogP contribution < -0.4 is 0 Å². The van der Waals surface area contributed by atoms with Gasteiger partial charge in [-0.25, -0.2) is 0 Å². The topological polar surface area (TPSA) is 12.4 Å². The predicted octanol–water partition coefficient (Wildman–Crippen LogP) is 4.20. The zero-order valence-corrected chi connectivity index (χ0v) is 9.97. The third-order valence-corrected chi connectivity index (χ3v) is 2.91. The average molecular weight is 199 g/mol. The summed E-state index contributed by atoms with van der Waals surface area (Å²) in [5.74, 6) is 2.25. The van der Waals surface area contributed by atoms with Crippen LogP contribution in [0.2, 0.25) is 0 Å². The van der Waals surface area contributed by atoms with Crippen molar-refractivity contribution in [3.8, 4) is 0 Å². The van der Waals surface area contributed by atoms with Crippen LogP contribution in [0.3, 0.4) is 0 Å². The molecule has 0 aliphatic carbocycles. The molecule has 1 unspecified atom stereocenters. The fraction of sp³-hybridized carbons (Fsp3) is 0.727. The van der Waals surface area contributed by atoms with Crippen molar-refractivity contribution in [2.24, 2.45) is 4.99 Å². The van der Waals surface area contributed by atoms with Crippen molar-refractivity contribution < 1.29 is 0 Å². The quantitative estimate of drug-likeness (QED) is 0.315. The van der Waals surface area contributed by atoms with Gasteiger partial charge in [-0.2, -0.15) is 0 Å². The molecule has 1 atom stereocenters. The number of nitrogens with zero attached hydrogens (tertiary/aromatic N) is 1. The Kier molecular flexibility index (Phi) is 9.80. The maximum absolute atomic E-state index is 4.04. The molecule has 0 aromatic rings. The zero-order valence-electron chi connectivity index (χ0n) is 8.97. The van der Waals surface area contributed by atoms with E-state index in [-0.39, 0.29) is 0 Å². The zero-order chi connectivity index (χ0) is 9.94. The maximum Gasteiger partial charge on any atom is 0.0398 e. The Hall–Kier alpha value is -0.160. The Balaban J connectivity index is 3.53. The lowest BCUT2D eigenvalue weighted by molar-refractivity contribution is 0.663. The van der Waals surface area contributed by atoms with Crippen molar-refractivity contribution in [3.63, 3.8) is 0 Å². The summed E-state index contributed by atoms with van der Waals surface area (Å²) < 4.78 is 0. The molecule has 13 heavy (non-hydrogen) atoms. The van der Waals surface area contributed by atoms with Crippen molar-refractivity contribution in [1.82, 2.24) is 0 Å². The highest BCUT2D eigenvalue weighted by Gasteiger charge is 1.93. The molecule has 0 aromatic carbocycles. The first-order chi connectivity index (χ1) is 6.35. The van der Waals surface area contributed by atoms with E-state index >= 15 is 0 Å². The van der Waals surface area contributed by atoms with Crippen LogP contribution in [0.5, 0.6) is 0 Å². The molecule has 1 nitrogen and oxygen atoms in total. The molecular formula is C11H22NP. The molecule has 0 amide bonds. The maximum atomic E-state index is 4.04. The first-order valence-electron chi connectivity index (χ1n) is 5.24. The Morgan fingerprint density at radius 3 is 2.62 bits per heavy atom. The highest BCUT2D eigenvalue weighted by molar-refractivity contribution is 7.41. The van der Waals surface area contributed by atoms with Gasteiger partial charge in [0.2, 0.25) is 0 Å². The average Bonchev–Trinajstić information content (AvgIpc) is 2.17. The lowest BCUT2D eigenvalue weighted by Crippen LogP contribution is -1.80. The Morgan fingerprint density at radius 2 is 2.08 bits per heavy atom. The molecule has 0 radical (unpaired) electrons. The van der Waals surface area contributed by atoms with Crippen LogP contribution in [-0.2, 0) is 0 Å². The van der Waals surface area contributed by atoms with Crippen LogP contribution in [0.25, 0.3) is 0 Å². The van der Waals surface area contributed by atoms with Gasteiger partial charge in [0.05, 0.1) is 0 Å². The van der Waals surface area contributed by atoms with Crippen LogP contribution in [-0.4, -0.2) is 12.9 Å². The summed E-state index contributed by atoms with van der Waals surface area (Å²) in [5.41, 5.74) is 1.20. The van der Waals surface area contributed by atoms with E-state index in [4.69, 9.17) is 0 Å². The Bertz CT molecular complexity index is 152. The molecule has 0 aliphatic heterocycles. The number of aliphatic imine (C=N–C) groups is 1. The second-order valence-corrected chi connectivity index (χ2v) is 4.57. The summed E-state index contributed by atoms with van der Waals surface area (Å²) >= 11 is 0. The number of rotatable bonds is 8. The van der Waals surface area contributed by atoms with E-state index in [0.29, 0.717) is 0 Å². The summed E-state index contributed by atoms with van der Waals surface area (Å²) in [6.07, 6.45) is 7.60. The molecule has 0 fully saturated rings. The van der Waals surface area contributed by atoms with E-state index in [1.54, 1.807) is 0 Å². The second-order valence-electron chi connectivity index (χ2n) is 3.16. The molecule has 0 aliphatic rings. The second kappa shape index (κ2) is 9.92.